The van der Waals surface area contributed by atoms with Crippen LogP contribution in [0.15, 0.2) is 0 Å². The van der Waals surface area contributed by atoms with Gasteiger partial charge >= 0.3 is 15.2 Å². The number of likely N-dealkylation sites (tertiary alicyclic amines) is 1. The highest BCUT2D eigenvalue weighted by molar-refractivity contribution is 7.72. The first-order chi connectivity index (χ1) is 9.03. The van der Waals surface area contributed by atoms with Crippen LogP contribution in [-0.4, -0.2) is 53.8 Å². The van der Waals surface area contributed by atoms with Crippen LogP contribution in [0.2, 0.25) is 0 Å². The van der Waals surface area contributed by atoms with E-state index >= 15 is 0 Å². The SMILES string of the molecule is CCCC1CCCN1CCC(O)(P(=O)(O)O)P(=O)(O)O. The lowest BCUT2D eigenvalue weighted by Crippen LogP contribution is -2.37. The van der Waals surface area contributed by atoms with Gasteiger partial charge in [-0.3, -0.25) is 9.13 Å². The summed E-state index contributed by atoms with van der Waals surface area (Å²) in [4.78, 5) is 38.2. The summed E-state index contributed by atoms with van der Waals surface area (Å²) >= 11 is 0. The summed E-state index contributed by atoms with van der Waals surface area (Å²) < 4.78 is 22.5. The van der Waals surface area contributed by atoms with Crippen LogP contribution in [0.4, 0.5) is 0 Å². The van der Waals surface area contributed by atoms with Crippen LogP contribution in [-0.2, 0) is 9.13 Å². The van der Waals surface area contributed by atoms with E-state index in [-0.39, 0.29) is 12.6 Å². The summed E-state index contributed by atoms with van der Waals surface area (Å²) in [5.74, 6) is 0. The highest BCUT2D eigenvalue weighted by Crippen LogP contribution is 2.68. The van der Waals surface area contributed by atoms with Crippen molar-refractivity contribution in [3.8, 4) is 0 Å². The van der Waals surface area contributed by atoms with Crippen molar-refractivity contribution in [3.05, 3.63) is 0 Å². The Bertz CT molecular complexity index is 396. The molecular weight excluding hydrogens is 308 g/mol. The Hall–Kier alpha value is 0.220. The Morgan fingerprint density at radius 3 is 2.20 bits per heavy atom. The zero-order chi connectivity index (χ0) is 15.6. The minimum Gasteiger partial charge on any atom is -0.367 e. The zero-order valence-corrected chi connectivity index (χ0v) is 13.2. The molecule has 0 aliphatic carbocycles. The average molecular weight is 331 g/mol. The maximum atomic E-state index is 11.2. The predicted molar refractivity (Wildman–Crippen MR) is 73.2 cm³/mol. The lowest BCUT2D eigenvalue weighted by atomic mass is 10.1. The maximum absolute atomic E-state index is 11.2. The first kappa shape index (κ1) is 18.3. The summed E-state index contributed by atoms with van der Waals surface area (Å²) in [5.41, 5.74) is 0. The van der Waals surface area contributed by atoms with Gasteiger partial charge in [0, 0.05) is 19.0 Å². The van der Waals surface area contributed by atoms with Crippen LogP contribution in [0.5, 0.6) is 0 Å². The fraction of sp³-hybridized carbons (Fsp3) is 1.00. The molecule has 10 heteroatoms. The van der Waals surface area contributed by atoms with Gasteiger partial charge in [0.1, 0.15) is 0 Å². The molecule has 0 spiro atoms. The molecule has 0 aromatic carbocycles. The van der Waals surface area contributed by atoms with Crippen molar-refractivity contribution < 1.29 is 33.8 Å². The summed E-state index contributed by atoms with van der Waals surface area (Å²) in [5, 5.41) is 6.52. The third-order valence-corrected chi connectivity index (χ3v) is 7.66. The van der Waals surface area contributed by atoms with Crippen molar-refractivity contribution in [1.29, 1.82) is 0 Å². The van der Waals surface area contributed by atoms with Crippen molar-refractivity contribution >= 4 is 15.2 Å². The molecule has 1 atom stereocenters. The predicted octanol–water partition coefficient (Wildman–Crippen LogP) is 0.642. The number of rotatable bonds is 7. The normalized spacial score (nSPS) is 22.4. The molecule has 8 nitrogen and oxygen atoms in total. The van der Waals surface area contributed by atoms with Crippen molar-refractivity contribution in [2.45, 2.75) is 50.2 Å². The molecule has 20 heavy (non-hydrogen) atoms. The molecule has 1 rings (SSSR count). The van der Waals surface area contributed by atoms with Gasteiger partial charge in [-0.2, -0.15) is 0 Å². The van der Waals surface area contributed by atoms with Gasteiger partial charge in [0.05, 0.1) is 0 Å². The minimum absolute atomic E-state index is 0.0530. The first-order valence-electron chi connectivity index (χ1n) is 6.60. The second-order valence-corrected chi connectivity index (χ2v) is 9.24. The monoisotopic (exact) mass is 331 g/mol. The Kier molecular flexibility index (Phi) is 5.98. The zero-order valence-electron chi connectivity index (χ0n) is 11.4. The van der Waals surface area contributed by atoms with Crippen LogP contribution in [0.1, 0.15) is 39.0 Å². The summed E-state index contributed by atoms with van der Waals surface area (Å²) in [7, 11) is -10.7. The highest BCUT2D eigenvalue weighted by Gasteiger charge is 2.59. The van der Waals surface area contributed by atoms with Gasteiger partial charge in [0.2, 0.25) is 0 Å². The van der Waals surface area contributed by atoms with Crippen LogP contribution in [0.3, 0.4) is 0 Å². The molecule has 0 aromatic rings. The molecule has 1 heterocycles. The standard InChI is InChI=1S/C10H23NO7P2/c1-2-4-9-5-3-7-11(9)8-6-10(12,19(13,14)15)20(16,17)18/h9,12H,2-8H2,1H3,(H2,13,14,15)(H2,16,17,18). The number of hydrogen-bond donors (Lipinski definition) is 5. The van der Waals surface area contributed by atoms with Gasteiger partial charge in [-0.25, -0.2) is 0 Å². The van der Waals surface area contributed by atoms with E-state index in [0.717, 1.165) is 25.7 Å². The molecule has 0 aromatic heterocycles. The quantitative estimate of drug-likeness (QED) is 0.428. The highest BCUT2D eigenvalue weighted by atomic mass is 31.2. The van der Waals surface area contributed by atoms with Crippen molar-refractivity contribution in [2.24, 2.45) is 0 Å². The lowest BCUT2D eigenvalue weighted by molar-refractivity contribution is 0.105. The number of hydrogen-bond acceptors (Lipinski definition) is 4. The molecular formula is C10H23NO7P2. The van der Waals surface area contributed by atoms with Crippen LogP contribution in [0, 0.1) is 0 Å². The van der Waals surface area contributed by atoms with Crippen LogP contribution < -0.4 is 0 Å². The van der Waals surface area contributed by atoms with Crippen molar-refractivity contribution in [2.75, 3.05) is 13.1 Å². The van der Waals surface area contributed by atoms with Gasteiger partial charge in [-0.15, -0.1) is 0 Å². The van der Waals surface area contributed by atoms with E-state index < -0.39 is 26.7 Å². The van der Waals surface area contributed by atoms with Gasteiger partial charge in [-0.05, 0) is 25.8 Å². The van der Waals surface area contributed by atoms with E-state index in [0.29, 0.717) is 6.54 Å². The molecule has 1 unspecified atom stereocenters. The van der Waals surface area contributed by atoms with E-state index in [2.05, 4.69) is 0 Å². The van der Waals surface area contributed by atoms with E-state index in [4.69, 9.17) is 19.6 Å². The molecule has 0 saturated carbocycles. The second kappa shape index (κ2) is 6.55. The largest absolute Gasteiger partial charge is 0.369 e. The number of aliphatic hydroxyl groups is 1. The first-order valence-corrected chi connectivity index (χ1v) is 9.83. The molecule has 5 N–H and O–H groups in total. The molecule has 0 bridgehead atoms. The van der Waals surface area contributed by atoms with Gasteiger partial charge in [0.15, 0.2) is 0 Å². The summed E-state index contributed by atoms with van der Waals surface area (Å²) in [6.07, 6.45) is 3.13. The Morgan fingerprint density at radius 1 is 1.20 bits per heavy atom. The smallest absolute Gasteiger partial charge is 0.367 e. The lowest BCUT2D eigenvalue weighted by Gasteiger charge is -2.32. The molecule has 120 valence electrons. The minimum atomic E-state index is -5.34. The van der Waals surface area contributed by atoms with E-state index in [1.807, 2.05) is 11.8 Å². The summed E-state index contributed by atoms with van der Waals surface area (Å²) in [6, 6.07) is 0.248. The summed E-state index contributed by atoms with van der Waals surface area (Å²) in [6.45, 7) is 2.79. The van der Waals surface area contributed by atoms with Gasteiger partial charge < -0.3 is 29.6 Å². The fourth-order valence-corrected chi connectivity index (χ4v) is 4.74. The average Bonchev–Trinajstić information content (AvgIpc) is 2.71. The van der Waals surface area contributed by atoms with E-state index in [9.17, 15) is 14.2 Å². The Labute approximate surface area is 118 Å². The van der Waals surface area contributed by atoms with Crippen molar-refractivity contribution in [3.63, 3.8) is 0 Å². The Balaban J connectivity index is 2.79. The molecule has 0 amide bonds. The third kappa shape index (κ3) is 3.90. The van der Waals surface area contributed by atoms with E-state index in [1.54, 1.807) is 0 Å². The number of nitrogens with zero attached hydrogens (tertiary/aromatic N) is 1. The van der Waals surface area contributed by atoms with Crippen LogP contribution in [0.25, 0.3) is 0 Å². The molecule has 1 aliphatic rings. The molecule has 1 fully saturated rings. The van der Waals surface area contributed by atoms with Gasteiger partial charge in [-0.1, -0.05) is 13.3 Å². The molecule has 1 saturated heterocycles. The fourth-order valence-electron chi connectivity index (χ4n) is 2.60. The molecule has 0 radical (unpaired) electrons. The van der Waals surface area contributed by atoms with Crippen LogP contribution >= 0.6 is 15.2 Å². The maximum Gasteiger partial charge on any atom is 0.369 e. The van der Waals surface area contributed by atoms with Gasteiger partial charge in [0.25, 0.3) is 5.08 Å². The molecule has 1 aliphatic heterocycles. The Morgan fingerprint density at radius 2 is 1.75 bits per heavy atom. The van der Waals surface area contributed by atoms with E-state index in [1.165, 1.54) is 0 Å². The second-order valence-electron chi connectivity index (χ2n) is 5.23. The van der Waals surface area contributed by atoms with Crippen molar-refractivity contribution in [1.82, 2.24) is 4.90 Å². The topological polar surface area (TPSA) is 139 Å². The third-order valence-electron chi connectivity index (χ3n) is 3.79.